The zero-order valence-electron chi connectivity index (χ0n) is 17.9. The molecule has 1 aromatic carbocycles. The van der Waals surface area contributed by atoms with Crippen LogP contribution in [0.5, 0.6) is 0 Å². The van der Waals surface area contributed by atoms with E-state index in [1.54, 1.807) is 0 Å². The first-order valence-corrected chi connectivity index (χ1v) is 11.5. The highest BCUT2D eigenvalue weighted by Crippen LogP contribution is 2.34. The van der Waals surface area contributed by atoms with Crippen LogP contribution in [0.2, 0.25) is 0 Å². The molecule has 0 saturated carbocycles. The van der Waals surface area contributed by atoms with Crippen LogP contribution in [0.25, 0.3) is 33.2 Å². The van der Waals surface area contributed by atoms with Crippen LogP contribution in [0.3, 0.4) is 0 Å². The summed E-state index contributed by atoms with van der Waals surface area (Å²) in [6, 6.07) is 17.3. The van der Waals surface area contributed by atoms with Crippen molar-refractivity contribution in [3.8, 4) is 33.2 Å². The van der Waals surface area contributed by atoms with Crippen LogP contribution >= 0.6 is 11.3 Å². The van der Waals surface area contributed by atoms with Gasteiger partial charge in [-0.15, -0.1) is 11.3 Å². The number of aromatic nitrogens is 4. The highest BCUT2D eigenvalue weighted by atomic mass is 32.1. The number of hydrogen-bond acceptors (Lipinski definition) is 4. The largest absolute Gasteiger partial charge is 0.263 e. The van der Waals surface area contributed by atoms with Crippen LogP contribution in [0.1, 0.15) is 48.9 Å². The summed E-state index contributed by atoms with van der Waals surface area (Å²) < 4.78 is 0. The van der Waals surface area contributed by atoms with E-state index in [1.165, 1.54) is 46.6 Å². The standard InChI is InChI=1S/C25H28N4S/c1-4-5-6-7-8-21-13-14-24(30-21)20-15-22(19-11-9-17(2)10-12-19)27-23(16-20)25-26-18(3)28-29-25/h9-16H,4-8H2,1-3H3,(H,26,28,29). The average molecular weight is 417 g/mol. The third kappa shape index (κ3) is 4.85. The molecule has 4 aromatic rings. The van der Waals surface area contributed by atoms with Gasteiger partial charge in [-0.3, -0.25) is 5.10 Å². The Balaban J connectivity index is 1.69. The Labute approximate surface area is 182 Å². The zero-order valence-corrected chi connectivity index (χ0v) is 18.7. The van der Waals surface area contributed by atoms with Gasteiger partial charge in [-0.25, -0.2) is 9.97 Å². The molecule has 0 aliphatic heterocycles. The van der Waals surface area contributed by atoms with Crippen LogP contribution in [0, 0.1) is 13.8 Å². The second-order valence-electron chi connectivity index (χ2n) is 7.81. The number of rotatable bonds is 8. The molecule has 0 unspecified atom stereocenters. The van der Waals surface area contributed by atoms with Crippen molar-refractivity contribution in [2.75, 3.05) is 0 Å². The van der Waals surface area contributed by atoms with E-state index in [0.717, 1.165) is 29.2 Å². The first kappa shape index (κ1) is 20.5. The Morgan fingerprint density at radius 3 is 2.37 bits per heavy atom. The zero-order chi connectivity index (χ0) is 20.9. The maximum absolute atomic E-state index is 4.88. The van der Waals surface area contributed by atoms with E-state index in [4.69, 9.17) is 4.98 Å². The van der Waals surface area contributed by atoms with Gasteiger partial charge in [0.15, 0.2) is 5.82 Å². The molecule has 0 bridgehead atoms. The number of nitrogens with zero attached hydrogens (tertiary/aromatic N) is 3. The van der Waals surface area contributed by atoms with Crippen LogP contribution in [-0.4, -0.2) is 20.2 Å². The minimum atomic E-state index is 0.638. The summed E-state index contributed by atoms with van der Waals surface area (Å²) in [4.78, 5) is 12.1. The summed E-state index contributed by atoms with van der Waals surface area (Å²) in [6.07, 6.45) is 6.33. The highest BCUT2D eigenvalue weighted by molar-refractivity contribution is 7.15. The van der Waals surface area contributed by atoms with Crippen molar-refractivity contribution in [1.29, 1.82) is 0 Å². The summed E-state index contributed by atoms with van der Waals surface area (Å²) in [6.45, 7) is 6.26. The second-order valence-corrected chi connectivity index (χ2v) is 8.98. The van der Waals surface area contributed by atoms with E-state index in [9.17, 15) is 0 Å². The molecule has 0 amide bonds. The minimum Gasteiger partial charge on any atom is -0.263 e. The smallest absolute Gasteiger partial charge is 0.199 e. The van der Waals surface area contributed by atoms with Gasteiger partial charge in [0.05, 0.1) is 5.69 Å². The molecule has 4 rings (SSSR count). The Bertz CT molecular complexity index is 1110. The van der Waals surface area contributed by atoms with Crippen molar-refractivity contribution in [3.05, 3.63) is 64.8 Å². The lowest BCUT2D eigenvalue weighted by Gasteiger charge is -2.07. The van der Waals surface area contributed by atoms with Gasteiger partial charge in [0.1, 0.15) is 11.5 Å². The van der Waals surface area contributed by atoms with Gasteiger partial charge in [0, 0.05) is 15.3 Å². The first-order chi connectivity index (χ1) is 14.6. The first-order valence-electron chi connectivity index (χ1n) is 10.7. The summed E-state index contributed by atoms with van der Waals surface area (Å²) in [5.74, 6) is 1.43. The van der Waals surface area contributed by atoms with Gasteiger partial charge >= 0.3 is 0 Å². The quantitative estimate of drug-likeness (QED) is 0.315. The number of aryl methyl sites for hydroxylation is 3. The van der Waals surface area contributed by atoms with E-state index in [2.05, 4.69) is 77.6 Å². The number of benzene rings is 1. The van der Waals surface area contributed by atoms with Crippen molar-refractivity contribution in [3.63, 3.8) is 0 Å². The fourth-order valence-electron chi connectivity index (χ4n) is 3.51. The molecule has 0 fully saturated rings. The number of hydrogen-bond donors (Lipinski definition) is 1. The fraction of sp³-hybridized carbons (Fsp3) is 0.320. The van der Waals surface area contributed by atoms with Gasteiger partial charge in [0.2, 0.25) is 0 Å². The number of nitrogens with one attached hydrogen (secondary N) is 1. The lowest BCUT2D eigenvalue weighted by Crippen LogP contribution is -1.92. The molecule has 30 heavy (non-hydrogen) atoms. The summed E-state index contributed by atoms with van der Waals surface area (Å²) in [5, 5.41) is 7.27. The fourth-order valence-corrected chi connectivity index (χ4v) is 4.55. The molecule has 0 radical (unpaired) electrons. The molecular weight excluding hydrogens is 388 g/mol. The molecule has 5 heteroatoms. The predicted molar refractivity (Wildman–Crippen MR) is 126 cm³/mol. The molecule has 154 valence electrons. The van der Waals surface area contributed by atoms with Crippen molar-refractivity contribution in [2.24, 2.45) is 0 Å². The Hall–Kier alpha value is -2.79. The third-order valence-electron chi connectivity index (χ3n) is 5.22. The van der Waals surface area contributed by atoms with Gasteiger partial charge in [-0.05, 0) is 56.5 Å². The summed E-state index contributed by atoms with van der Waals surface area (Å²) in [5.41, 5.74) is 5.26. The number of unbranched alkanes of at least 4 members (excludes halogenated alkanes) is 3. The van der Waals surface area contributed by atoms with Crippen LogP contribution in [0.4, 0.5) is 0 Å². The van der Waals surface area contributed by atoms with Crippen LogP contribution in [-0.2, 0) is 6.42 Å². The molecule has 1 N–H and O–H groups in total. The lowest BCUT2D eigenvalue weighted by atomic mass is 10.1. The SMILES string of the molecule is CCCCCCc1ccc(-c2cc(-c3ccc(C)cc3)nc(-c3n[nH]c(C)n3)c2)s1. The van der Waals surface area contributed by atoms with Gasteiger partial charge in [-0.2, -0.15) is 5.10 Å². The molecule has 4 nitrogen and oxygen atoms in total. The Morgan fingerprint density at radius 1 is 0.833 bits per heavy atom. The molecule has 3 aromatic heterocycles. The summed E-state index contributed by atoms with van der Waals surface area (Å²) in [7, 11) is 0. The molecule has 0 atom stereocenters. The van der Waals surface area contributed by atoms with Gasteiger partial charge in [0.25, 0.3) is 0 Å². The maximum Gasteiger partial charge on any atom is 0.199 e. The molecule has 3 heterocycles. The van der Waals surface area contributed by atoms with Crippen molar-refractivity contribution in [1.82, 2.24) is 20.2 Å². The molecular formula is C25H28N4S. The average Bonchev–Trinajstić information content (AvgIpc) is 3.41. The van der Waals surface area contributed by atoms with E-state index in [0.29, 0.717) is 5.82 Å². The normalized spacial score (nSPS) is 11.2. The van der Waals surface area contributed by atoms with E-state index in [1.807, 2.05) is 18.3 Å². The van der Waals surface area contributed by atoms with E-state index < -0.39 is 0 Å². The maximum atomic E-state index is 4.88. The molecule has 0 aliphatic rings. The highest BCUT2D eigenvalue weighted by Gasteiger charge is 2.13. The Morgan fingerprint density at radius 2 is 1.63 bits per heavy atom. The monoisotopic (exact) mass is 416 g/mol. The topological polar surface area (TPSA) is 54.5 Å². The van der Waals surface area contributed by atoms with Gasteiger partial charge < -0.3 is 0 Å². The number of aromatic amines is 1. The minimum absolute atomic E-state index is 0.638. The third-order valence-corrected chi connectivity index (χ3v) is 6.42. The number of pyridine rings is 1. The van der Waals surface area contributed by atoms with Crippen molar-refractivity contribution in [2.45, 2.75) is 52.9 Å². The van der Waals surface area contributed by atoms with Crippen molar-refractivity contribution >= 4 is 11.3 Å². The number of H-pyrrole nitrogens is 1. The van der Waals surface area contributed by atoms with Gasteiger partial charge in [-0.1, -0.05) is 56.0 Å². The molecule has 0 aliphatic carbocycles. The lowest BCUT2D eigenvalue weighted by molar-refractivity contribution is 0.670. The second kappa shape index (κ2) is 9.35. The summed E-state index contributed by atoms with van der Waals surface area (Å²) >= 11 is 1.88. The van der Waals surface area contributed by atoms with Crippen LogP contribution in [0.15, 0.2) is 48.5 Å². The molecule has 0 saturated heterocycles. The van der Waals surface area contributed by atoms with Crippen LogP contribution < -0.4 is 0 Å². The Kier molecular flexibility index (Phi) is 6.38. The van der Waals surface area contributed by atoms with Crippen molar-refractivity contribution < 1.29 is 0 Å². The molecule has 0 spiro atoms. The number of thiophene rings is 1. The van der Waals surface area contributed by atoms with E-state index in [-0.39, 0.29) is 0 Å². The van der Waals surface area contributed by atoms with E-state index >= 15 is 0 Å². The predicted octanol–water partition coefficient (Wildman–Crippen LogP) is 7.00.